The van der Waals surface area contributed by atoms with Gasteiger partial charge in [-0.05, 0) is 85.0 Å². The summed E-state index contributed by atoms with van der Waals surface area (Å²) in [5, 5.41) is 9.47. The quantitative estimate of drug-likeness (QED) is 0.776. The number of rotatable bonds is 6. The van der Waals surface area contributed by atoms with Crippen molar-refractivity contribution < 1.29 is 5.11 Å². The molecule has 0 amide bonds. The van der Waals surface area contributed by atoms with Gasteiger partial charge in [-0.2, -0.15) is 11.8 Å². The summed E-state index contributed by atoms with van der Waals surface area (Å²) in [6.07, 6.45) is 8.22. The van der Waals surface area contributed by atoms with Crippen LogP contribution in [0.3, 0.4) is 0 Å². The molecule has 0 heterocycles. The van der Waals surface area contributed by atoms with Crippen molar-refractivity contribution in [3.05, 3.63) is 34.9 Å². The molecular formula is C20H31NOS. The summed E-state index contributed by atoms with van der Waals surface area (Å²) in [4.78, 5) is 0. The van der Waals surface area contributed by atoms with Gasteiger partial charge in [-0.15, -0.1) is 0 Å². The SMILES string of the molecule is CCSCC[C@H]1CCc2cc([C@H]3CC[C@](N)(CO)C3)ccc2C1. The molecule has 3 N–H and O–H groups in total. The van der Waals surface area contributed by atoms with Gasteiger partial charge in [0.15, 0.2) is 0 Å². The number of aryl methyl sites for hydroxylation is 1. The zero-order chi connectivity index (χ0) is 16.3. The minimum atomic E-state index is -0.345. The number of aliphatic hydroxyl groups excluding tert-OH is 1. The number of aliphatic hydroxyl groups is 1. The van der Waals surface area contributed by atoms with Crippen LogP contribution in [0.2, 0.25) is 0 Å². The van der Waals surface area contributed by atoms with Gasteiger partial charge < -0.3 is 10.8 Å². The first-order valence-electron chi connectivity index (χ1n) is 9.23. The third-order valence-electron chi connectivity index (χ3n) is 5.87. The molecule has 0 aliphatic heterocycles. The van der Waals surface area contributed by atoms with E-state index < -0.39 is 0 Å². The third kappa shape index (κ3) is 4.12. The highest BCUT2D eigenvalue weighted by Gasteiger charge is 2.36. The number of hydrogen-bond donors (Lipinski definition) is 2. The zero-order valence-electron chi connectivity index (χ0n) is 14.4. The van der Waals surface area contributed by atoms with Gasteiger partial charge in [0.1, 0.15) is 0 Å². The van der Waals surface area contributed by atoms with Crippen LogP contribution in [-0.4, -0.2) is 28.8 Å². The van der Waals surface area contributed by atoms with E-state index >= 15 is 0 Å². The van der Waals surface area contributed by atoms with Gasteiger partial charge in [0.25, 0.3) is 0 Å². The highest BCUT2D eigenvalue weighted by atomic mass is 32.2. The van der Waals surface area contributed by atoms with E-state index in [4.69, 9.17) is 5.73 Å². The number of fused-ring (bicyclic) bond motifs is 1. The van der Waals surface area contributed by atoms with E-state index in [-0.39, 0.29) is 12.1 Å². The number of benzene rings is 1. The Bertz CT molecular complexity index is 532. The van der Waals surface area contributed by atoms with Gasteiger partial charge in [-0.3, -0.25) is 0 Å². The smallest absolute Gasteiger partial charge is 0.0611 e. The first-order chi connectivity index (χ1) is 11.1. The molecule has 3 rings (SSSR count). The van der Waals surface area contributed by atoms with Crippen molar-refractivity contribution in [3.63, 3.8) is 0 Å². The summed E-state index contributed by atoms with van der Waals surface area (Å²) in [5.41, 5.74) is 10.5. The Morgan fingerprint density at radius 3 is 2.91 bits per heavy atom. The summed E-state index contributed by atoms with van der Waals surface area (Å²) >= 11 is 2.07. The van der Waals surface area contributed by atoms with Gasteiger partial charge in [0.2, 0.25) is 0 Å². The van der Waals surface area contributed by atoms with Crippen molar-refractivity contribution in [2.45, 2.75) is 63.3 Å². The van der Waals surface area contributed by atoms with E-state index in [1.807, 2.05) is 0 Å². The molecule has 1 fully saturated rings. The largest absolute Gasteiger partial charge is 0.394 e. The normalized spacial score (nSPS) is 30.4. The molecule has 0 saturated heterocycles. The number of hydrogen-bond acceptors (Lipinski definition) is 3. The van der Waals surface area contributed by atoms with Gasteiger partial charge >= 0.3 is 0 Å². The Labute approximate surface area is 145 Å². The lowest BCUT2D eigenvalue weighted by Gasteiger charge is -2.26. The minimum absolute atomic E-state index is 0.117. The maximum Gasteiger partial charge on any atom is 0.0611 e. The molecule has 1 saturated carbocycles. The second kappa shape index (κ2) is 7.58. The first-order valence-corrected chi connectivity index (χ1v) is 10.4. The first kappa shape index (κ1) is 17.3. The van der Waals surface area contributed by atoms with Crippen LogP contribution in [0, 0.1) is 5.92 Å². The Balaban J connectivity index is 1.63. The second-order valence-corrected chi connectivity index (χ2v) is 8.98. The Hall–Kier alpha value is -0.510. The molecule has 0 radical (unpaired) electrons. The number of thioether (sulfide) groups is 1. The fourth-order valence-electron chi connectivity index (χ4n) is 4.33. The van der Waals surface area contributed by atoms with Gasteiger partial charge in [-0.25, -0.2) is 0 Å². The molecule has 2 aliphatic carbocycles. The fraction of sp³-hybridized carbons (Fsp3) is 0.700. The van der Waals surface area contributed by atoms with E-state index in [1.54, 1.807) is 11.1 Å². The third-order valence-corrected chi connectivity index (χ3v) is 6.80. The molecule has 23 heavy (non-hydrogen) atoms. The van der Waals surface area contributed by atoms with Gasteiger partial charge in [0, 0.05) is 5.54 Å². The van der Waals surface area contributed by atoms with E-state index in [2.05, 4.69) is 36.9 Å². The van der Waals surface area contributed by atoms with E-state index in [0.717, 1.165) is 25.2 Å². The molecule has 3 atom stereocenters. The number of nitrogens with two attached hydrogens (primary N) is 1. The van der Waals surface area contributed by atoms with Crippen LogP contribution in [0.25, 0.3) is 0 Å². The Kier molecular flexibility index (Phi) is 5.71. The van der Waals surface area contributed by atoms with Crippen molar-refractivity contribution in [1.82, 2.24) is 0 Å². The van der Waals surface area contributed by atoms with Crippen molar-refractivity contribution >= 4 is 11.8 Å². The molecule has 1 aromatic rings. The molecule has 0 aromatic heterocycles. The summed E-state index contributed by atoms with van der Waals surface area (Å²) in [5.74, 6) is 3.97. The zero-order valence-corrected chi connectivity index (χ0v) is 15.2. The standard InChI is InChI=1S/C20H31NOS/c1-2-23-10-8-15-3-4-17-12-18(6-5-16(17)11-15)19-7-9-20(21,13-19)14-22/h5-6,12,15,19,22H,2-4,7-11,13-14,21H2,1H3/t15-,19+,20-/m1/s1. The van der Waals surface area contributed by atoms with Crippen LogP contribution in [0.4, 0.5) is 0 Å². The average molecular weight is 334 g/mol. The lowest BCUT2D eigenvalue weighted by atomic mass is 9.80. The van der Waals surface area contributed by atoms with Crippen molar-refractivity contribution in [1.29, 1.82) is 0 Å². The Morgan fingerprint density at radius 1 is 1.30 bits per heavy atom. The molecular weight excluding hydrogens is 302 g/mol. The van der Waals surface area contributed by atoms with Crippen LogP contribution in [0.1, 0.15) is 61.6 Å². The van der Waals surface area contributed by atoms with Crippen molar-refractivity contribution in [2.24, 2.45) is 11.7 Å². The monoisotopic (exact) mass is 333 g/mol. The second-order valence-electron chi connectivity index (χ2n) is 7.58. The highest BCUT2D eigenvalue weighted by Crippen LogP contribution is 2.40. The molecule has 2 nitrogen and oxygen atoms in total. The molecule has 2 aliphatic rings. The summed E-state index contributed by atoms with van der Waals surface area (Å²) in [7, 11) is 0. The van der Waals surface area contributed by atoms with Crippen LogP contribution in [0.5, 0.6) is 0 Å². The molecule has 3 heteroatoms. The molecule has 1 aromatic carbocycles. The van der Waals surface area contributed by atoms with Crippen LogP contribution >= 0.6 is 11.8 Å². The summed E-state index contributed by atoms with van der Waals surface area (Å²) < 4.78 is 0. The summed E-state index contributed by atoms with van der Waals surface area (Å²) in [6, 6.07) is 7.15. The Morgan fingerprint density at radius 2 is 2.17 bits per heavy atom. The molecule has 128 valence electrons. The topological polar surface area (TPSA) is 46.2 Å². The van der Waals surface area contributed by atoms with E-state index in [0.29, 0.717) is 5.92 Å². The van der Waals surface area contributed by atoms with Crippen molar-refractivity contribution in [3.8, 4) is 0 Å². The van der Waals surface area contributed by atoms with E-state index in [1.165, 1.54) is 42.8 Å². The lowest BCUT2D eigenvalue weighted by molar-refractivity contribution is 0.198. The summed E-state index contributed by atoms with van der Waals surface area (Å²) in [6.45, 7) is 2.37. The van der Waals surface area contributed by atoms with E-state index in [9.17, 15) is 5.11 Å². The van der Waals surface area contributed by atoms with Crippen LogP contribution in [-0.2, 0) is 12.8 Å². The predicted molar refractivity (Wildman–Crippen MR) is 100 cm³/mol. The van der Waals surface area contributed by atoms with Gasteiger partial charge in [0.05, 0.1) is 6.61 Å². The molecule has 0 unspecified atom stereocenters. The van der Waals surface area contributed by atoms with Crippen LogP contribution in [0.15, 0.2) is 18.2 Å². The van der Waals surface area contributed by atoms with Crippen molar-refractivity contribution in [2.75, 3.05) is 18.1 Å². The molecule has 0 bridgehead atoms. The molecule has 0 spiro atoms. The average Bonchev–Trinajstić information content (AvgIpc) is 2.98. The van der Waals surface area contributed by atoms with Gasteiger partial charge in [-0.1, -0.05) is 25.1 Å². The maximum atomic E-state index is 9.47. The minimum Gasteiger partial charge on any atom is -0.394 e. The lowest BCUT2D eigenvalue weighted by Crippen LogP contribution is -2.40. The predicted octanol–water partition coefficient (Wildman–Crippen LogP) is 3.89. The maximum absolute atomic E-state index is 9.47. The fourth-order valence-corrected chi connectivity index (χ4v) is 5.12. The van der Waals surface area contributed by atoms with Crippen LogP contribution < -0.4 is 5.73 Å². The highest BCUT2D eigenvalue weighted by molar-refractivity contribution is 7.99.